The molecule has 1 aliphatic heterocycles. The van der Waals surface area contributed by atoms with Gasteiger partial charge in [-0.2, -0.15) is 0 Å². The van der Waals surface area contributed by atoms with Gasteiger partial charge in [0.25, 0.3) is 5.91 Å². The van der Waals surface area contributed by atoms with Gasteiger partial charge in [0.15, 0.2) is 17.4 Å². The number of rotatable bonds is 11. The molecule has 1 aromatic heterocycles. The summed E-state index contributed by atoms with van der Waals surface area (Å²) in [5, 5.41) is 14.9. The van der Waals surface area contributed by atoms with Gasteiger partial charge < -0.3 is 31.4 Å². The third kappa shape index (κ3) is 5.71. The Bertz CT molecular complexity index is 1890. The Morgan fingerprint density at radius 1 is 1.12 bits per heavy atom. The lowest BCUT2D eigenvalue weighted by Crippen LogP contribution is -2.44. The van der Waals surface area contributed by atoms with E-state index in [2.05, 4.69) is 15.3 Å². The lowest BCUT2D eigenvalue weighted by atomic mass is 9.81. The number of nitrogens with one attached hydrogen (secondary N) is 1. The molecule has 4 aliphatic rings. The second-order valence-corrected chi connectivity index (χ2v) is 13.3. The zero-order valence-electron chi connectivity index (χ0n) is 25.9. The number of pyridine rings is 1. The van der Waals surface area contributed by atoms with Crippen molar-refractivity contribution in [2.45, 2.75) is 68.4 Å². The molecule has 0 unspecified atom stereocenters. The zero-order chi connectivity index (χ0) is 34.2. The Kier molecular flexibility index (Phi) is 7.42. The van der Waals surface area contributed by atoms with Crippen LogP contribution in [0.15, 0.2) is 35.3 Å². The number of aliphatic imine (C=N–C) groups is 1. The summed E-state index contributed by atoms with van der Waals surface area (Å²) in [5.74, 6) is -7.17. The number of anilines is 1. The second kappa shape index (κ2) is 11.2. The number of primary amides is 1. The molecule has 2 aromatic carbocycles. The van der Waals surface area contributed by atoms with E-state index in [0.717, 1.165) is 12.8 Å². The number of nitrogens with zero attached hydrogens (tertiary/aromatic N) is 2. The molecule has 14 heteroatoms. The fraction of sp³-hybridized carbons (Fsp3) is 0.412. The molecule has 3 fully saturated rings. The zero-order valence-corrected chi connectivity index (χ0v) is 25.9. The predicted octanol–water partition coefficient (Wildman–Crippen LogP) is 4.33. The van der Waals surface area contributed by atoms with Crippen molar-refractivity contribution in [1.82, 2.24) is 10.3 Å². The molecule has 2 heterocycles. The minimum Gasteiger partial charge on any atom is -0.489 e. The van der Waals surface area contributed by atoms with Crippen LogP contribution in [-0.2, 0) is 15.8 Å². The van der Waals surface area contributed by atoms with Gasteiger partial charge in [-0.05, 0) is 62.8 Å². The number of alkyl halides is 1. The number of ether oxygens (including phenoxy) is 2. The van der Waals surface area contributed by atoms with E-state index < -0.39 is 57.6 Å². The number of nitrogen functional groups attached to an aromatic ring is 1. The molecule has 0 saturated heterocycles. The van der Waals surface area contributed by atoms with Crippen molar-refractivity contribution in [3.05, 3.63) is 70.2 Å². The smallest absolute Gasteiger partial charge is 0.251 e. The first-order valence-electron chi connectivity index (χ1n) is 15.7. The predicted molar refractivity (Wildman–Crippen MR) is 166 cm³/mol. The van der Waals surface area contributed by atoms with Crippen molar-refractivity contribution >= 4 is 23.7 Å². The highest BCUT2D eigenvalue weighted by Gasteiger charge is 2.50. The molecular formula is C34H33F4N5O5. The number of fused-ring (bicyclic) bond motifs is 1. The van der Waals surface area contributed by atoms with E-state index >= 15 is 4.39 Å². The van der Waals surface area contributed by atoms with E-state index in [1.54, 1.807) is 0 Å². The monoisotopic (exact) mass is 667 g/mol. The molecule has 3 aliphatic carbocycles. The maximum atomic E-state index is 15.1. The molecule has 2 atom stereocenters. The molecule has 0 radical (unpaired) electrons. The van der Waals surface area contributed by atoms with Gasteiger partial charge in [0.2, 0.25) is 5.91 Å². The Morgan fingerprint density at radius 2 is 1.83 bits per heavy atom. The Balaban J connectivity index is 1.25. The summed E-state index contributed by atoms with van der Waals surface area (Å²) in [7, 11) is 0. The standard InChI is InChI=1S/C34H33F4N5O5/c1-32(31(40)45)15-47-29-21(32)11-26(43-28(29)20-10-23(36)24(37)12-22(20)35)34(46,18-2-3-18)14-41-30(44)16-8-17(13-42-33(38)6-7-33)27(39)25(9-16)48-19-4-5-19/h8-13,18-19,46H,2-7,14-15,39H2,1H3,(H2,40,45)(H,41,44)/t32-,34+/m0/s1. The van der Waals surface area contributed by atoms with Crippen molar-refractivity contribution in [3.63, 3.8) is 0 Å². The molecule has 48 heavy (non-hydrogen) atoms. The Hall–Kier alpha value is -4.72. The average Bonchev–Trinajstić information content (AvgIpc) is 3.94. The van der Waals surface area contributed by atoms with Crippen LogP contribution in [0.2, 0.25) is 0 Å². The molecular weight excluding hydrogens is 634 g/mol. The number of carbonyl (C=O) groups is 2. The Labute approximate surface area is 272 Å². The highest BCUT2D eigenvalue weighted by Crippen LogP contribution is 2.50. The number of amides is 2. The first-order chi connectivity index (χ1) is 22.7. The first-order valence-corrected chi connectivity index (χ1v) is 15.7. The summed E-state index contributed by atoms with van der Waals surface area (Å²) in [6, 6.07) is 5.32. The van der Waals surface area contributed by atoms with Crippen LogP contribution in [0.4, 0.5) is 23.2 Å². The molecule has 0 bridgehead atoms. The minimum atomic E-state index is -1.85. The molecule has 6 N–H and O–H groups in total. The molecule has 252 valence electrons. The van der Waals surface area contributed by atoms with Crippen molar-refractivity contribution in [2.75, 3.05) is 18.9 Å². The summed E-state index contributed by atoms with van der Waals surface area (Å²) >= 11 is 0. The number of halogens is 4. The van der Waals surface area contributed by atoms with Gasteiger partial charge >= 0.3 is 0 Å². The normalized spacial score (nSPS) is 22.1. The number of hydrogen-bond acceptors (Lipinski definition) is 8. The van der Waals surface area contributed by atoms with Gasteiger partial charge in [-0.3, -0.25) is 14.6 Å². The number of nitrogens with two attached hydrogens (primary N) is 2. The van der Waals surface area contributed by atoms with E-state index in [9.17, 15) is 27.9 Å². The number of benzene rings is 2. The van der Waals surface area contributed by atoms with E-state index in [-0.39, 0.29) is 59.0 Å². The van der Waals surface area contributed by atoms with Crippen LogP contribution >= 0.6 is 0 Å². The molecule has 2 amide bonds. The van der Waals surface area contributed by atoms with Crippen LogP contribution in [0.5, 0.6) is 11.5 Å². The fourth-order valence-corrected chi connectivity index (χ4v) is 5.78. The quantitative estimate of drug-likeness (QED) is 0.0778. The number of aromatic nitrogens is 1. The van der Waals surface area contributed by atoms with Crippen molar-refractivity contribution in [1.29, 1.82) is 0 Å². The summed E-state index contributed by atoms with van der Waals surface area (Å²) in [4.78, 5) is 34.7. The summed E-state index contributed by atoms with van der Waals surface area (Å²) < 4.78 is 69.3. The van der Waals surface area contributed by atoms with Crippen LogP contribution in [-0.4, -0.2) is 53.2 Å². The topological polar surface area (TPSA) is 162 Å². The molecule has 0 spiro atoms. The highest BCUT2D eigenvalue weighted by atomic mass is 19.2. The minimum absolute atomic E-state index is 0.0540. The van der Waals surface area contributed by atoms with Crippen molar-refractivity contribution in [3.8, 4) is 22.8 Å². The first kappa shape index (κ1) is 31.9. The van der Waals surface area contributed by atoms with E-state index in [1.807, 2.05) is 0 Å². The van der Waals surface area contributed by atoms with Crippen LogP contribution in [0.1, 0.15) is 72.6 Å². The third-order valence-electron chi connectivity index (χ3n) is 9.45. The lowest BCUT2D eigenvalue weighted by Gasteiger charge is -2.30. The van der Waals surface area contributed by atoms with E-state index in [4.69, 9.17) is 20.9 Å². The van der Waals surface area contributed by atoms with Gasteiger partial charge in [0, 0.05) is 47.4 Å². The van der Waals surface area contributed by atoms with Gasteiger partial charge in [0.05, 0.1) is 24.0 Å². The van der Waals surface area contributed by atoms with Crippen LogP contribution < -0.4 is 26.3 Å². The SMILES string of the molecule is C[C@]1(C(N)=O)COc2c1cc([C@@](O)(CNC(=O)c1cc(C=NC3(F)CC3)c(N)c(OC3CC3)c1)C1CC1)nc2-c1cc(F)c(F)cc1F. The molecule has 7 rings (SSSR count). The number of carbonyl (C=O) groups excluding carboxylic acids is 2. The maximum absolute atomic E-state index is 15.1. The molecule has 3 saturated carbocycles. The van der Waals surface area contributed by atoms with Crippen molar-refractivity contribution < 1.29 is 41.7 Å². The number of aliphatic hydroxyl groups is 1. The van der Waals surface area contributed by atoms with E-state index in [1.165, 1.54) is 31.3 Å². The van der Waals surface area contributed by atoms with Crippen LogP contribution in [0, 0.1) is 23.4 Å². The van der Waals surface area contributed by atoms with Gasteiger partial charge in [0.1, 0.15) is 40.6 Å². The molecule has 3 aromatic rings. The highest BCUT2D eigenvalue weighted by molar-refractivity contribution is 5.99. The van der Waals surface area contributed by atoms with Crippen LogP contribution in [0.25, 0.3) is 11.3 Å². The second-order valence-electron chi connectivity index (χ2n) is 13.3. The number of hydrogen-bond donors (Lipinski definition) is 4. The summed E-state index contributed by atoms with van der Waals surface area (Å²) in [6.45, 7) is 0.888. The average molecular weight is 668 g/mol. The largest absolute Gasteiger partial charge is 0.489 e. The Morgan fingerprint density at radius 3 is 2.48 bits per heavy atom. The van der Waals surface area contributed by atoms with E-state index in [0.29, 0.717) is 43.4 Å². The van der Waals surface area contributed by atoms with Crippen LogP contribution in [0.3, 0.4) is 0 Å². The summed E-state index contributed by atoms with van der Waals surface area (Å²) in [6.07, 6.45) is 4.57. The van der Waals surface area contributed by atoms with Gasteiger partial charge in [-0.1, -0.05) is 0 Å². The lowest BCUT2D eigenvalue weighted by molar-refractivity contribution is -0.123. The third-order valence-corrected chi connectivity index (χ3v) is 9.45. The summed E-state index contributed by atoms with van der Waals surface area (Å²) in [5.41, 5.74) is 8.76. The van der Waals surface area contributed by atoms with Gasteiger partial charge in [-0.25, -0.2) is 22.5 Å². The fourth-order valence-electron chi connectivity index (χ4n) is 5.78. The van der Waals surface area contributed by atoms with Gasteiger partial charge in [-0.15, -0.1) is 0 Å². The maximum Gasteiger partial charge on any atom is 0.251 e. The molecule has 10 nitrogen and oxygen atoms in total. The van der Waals surface area contributed by atoms with Crippen molar-refractivity contribution in [2.24, 2.45) is 16.6 Å².